The predicted octanol–water partition coefficient (Wildman–Crippen LogP) is 2.21. The second-order valence-corrected chi connectivity index (χ2v) is 9.27. The van der Waals surface area contributed by atoms with Gasteiger partial charge in [0.15, 0.2) is 11.5 Å². The van der Waals surface area contributed by atoms with Gasteiger partial charge in [0, 0.05) is 23.7 Å². The van der Waals surface area contributed by atoms with Crippen molar-refractivity contribution in [3.05, 3.63) is 76.7 Å². The number of hydrogen-bond donors (Lipinski definition) is 2. The number of carbonyl (C=O) groups excluding carboxylic acids is 2. The van der Waals surface area contributed by atoms with Gasteiger partial charge in [-0.15, -0.1) is 0 Å². The molecule has 0 fully saturated rings. The van der Waals surface area contributed by atoms with Crippen molar-refractivity contribution in [2.75, 3.05) is 20.8 Å². The fourth-order valence-corrected chi connectivity index (χ4v) is 3.99. The van der Waals surface area contributed by atoms with Crippen LogP contribution >= 0.6 is 0 Å². The number of nitrogens with one attached hydrogen (secondary N) is 1. The Morgan fingerprint density at radius 1 is 1.08 bits per heavy atom. The fourth-order valence-electron chi connectivity index (χ4n) is 3.63. The van der Waals surface area contributed by atoms with Crippen LogP contribution in [0.1, 0.15) is 44.2 Å². The molecule has 3 N–H and O–H groups in total. The number of rotatable bonds is 11. The SMILES string of the molecule is COc1cc(C(=O)N(CCCc2ccccc2)Cc2cc(C(=O)NS(N)(=O)=O)no2)cc(OC)c1C. The summed E-state index contributed by atoms with van der Waals surface area (Å²) in [6, 6.07) is 14.4. The van der Waals surface area contributed by atoms with Crippen molar-refractivity contribution < 1.29 is 32.0 Å². The Bertz CT molecular complexity index is 1300. The number of hydrogen-bond acceptors (Lipinski definition) is 8. The molecular weight excluding hydrogens is 488 g/mol. The van der Waals surface area contributed by atoms with Gasteiger partial charge in [0.1, 0.15) is 11.5 Å². The van der Waals surface area contributed by atoms with Gasteiger partial charge in [0.2, 0.25) is 0 Å². The zero-order chi connectivity index (χ0) is 26.3. The van der Waals surface area contributed by atoms with Crippen LogP contribution in [0.3, 0.4) is 0 Å². The van der Waals surface area contributed by atoms with Crippen LogP contribution in [-0.4, -0.2) is 51.1 Å². The number of aromatic nitrogens is 1. The maximum absolute atomic E-state index is 13.5. The highest BCUT2D eigenvalue weighted by atomic mass is 32.2. The summed E-state index contributed by atoms with van der Waals surface area (Å²) in [5, 5.41) is 8.43. The Morgan fingerprint density at radius 3 is 2.31 bits per heavy atom. The molecule has 3 rings (SSSR count). The molecule has 0 spiro atoms. The van der Waals surface area contributed by atoms with Gasteiger partial charge in [-0.2, -0.15) is 8.42 Å². The molecule has 192 valence electrons. The number of nitrogens with zero attached hydrogens (tertiary/aromatic N) is 2. The molecule has 0 aliphatic heterocycles. The normalized spacial score (nSPS) is 11.1. The largest absolute Gasteiger partial charge is 0.496 e. The molecule has 0 atom stereocenters. The molecule has 1 aromatic heterocycles. The Morgan fingerprint density at radius 2 is 1.72 bits per heavy atom. The number of amides is 2. The second kappa shape index (κ2) is 11.7. The van der Waals surface area contributed by atoms with Crippen LogP contribution in [0.25, 0.3) is 0 Å². The molecule has 36 heavy (non-hydrogen) atoms. The molecule has 1 heterocycles. The van der Waals surface area contributed by atoms with E-state index in [9.17, 15) is 18.0 Å². The lowest BCUT2D eigenvalue weighted by atomic mass is 10.1. The highest BCUT2D eigenvalue weighted by Gasteiger charge is 2.23. The van der Waals surface area contributed by atoms with Gasteiger partial charge in [-0.1, -0.05) is 35.5 Å². The average Bonchev–Trinajstić information content (AvgIpc) is 3.31. The predicted molar refractivity (Wildman–Crippen MR) is 131 cm³/mol. The summed E-state index contributed by atoms with van der Waals surface area (Å²) in [4.78, 5) is 27.1. The number of carbonyl (C=O) groups is 2. The van der Waals surface area contributed by atoms with Crippen LogP contribution in [-0.2, 0) is 23.2 Å². The van der Waals surface area contributed by atoms with Crippen LogP contribution in [0.2, 0.25) is 0 Å². The minimum Gasteiger partial charge on any atom is -0.496 e. The summed E-state index contributed by atoms with van der Waals surface area (Å²) in [7, 11) is -1.24. The third kappa shape index (κ3) is 7.06. The molecule has 2 amide bonds. The summed E-state index contributed by atoms with van der Waals surface area (Å²) < 4.78 is 39.9. The van der Waals surface area contributed by atoms with Gasteiger partial charge in [-0.3, -0.25) is 9.59 Å². The van der Waals surface area contributed by atoms with Crippen molar-refractivity contribution in [2.24, 2.45) is 5.14 Å². The van der Waals surface area contributed by atoms with E-state index in [2.05, 4.69) is 5.16 Å². The summed E-state index contributed by atoms with van der Waals surface area (Å²) >= 11 is 0. The number of benzene rings is 2. The molecule has 0 unspecified atom stereocenters. The lowest BCUT2D eigenvalue weighted by Crippen LogP contribution is -2.36. The van der Waals surface area contributed by atoms with Gasteiger partial charge in [0.25, 0.3) is 22.0 Å². The van der Waals surface area contributed by atoms with Crippen LogP contribution in [0.4, 0.5) is 0 Å². The van der Waals surface area contributed by atoms with Crippen molar-refractivity contribution in [1.82, 2.24) is 14.8 Å². The van der Waals surface area contributed by atoms with E-state index in [4.69, 9.17) is 19.1 Å². The van der Waals surface area contributed by atoms with Gasteiger partial charge in [-0.25, -0.2) is 9.86 Å². The Kier molecular flexibility index (Phi) is 8.67. The third-order valence-electron chi connectivity index (χ3n) is 5.40. The summed E-state index contributed by atoms with van der Waals surface area (Å²) in [6.07, 6.45) is 1.40. The molecule has 0 aliphatic rings. The van der Waals surface area contributed by atoms with Crippen molar-refractivity contribution in [1.29, 1.82) is 0 Å². The Balaban J connectivity index is 1.84. The molecule has 3 aromatic rings. The molecule has 0 bridgehead atoms. The van der Waals surface area contributed by atoms with Gasteiger partial charge < -0.3 is 18.9 Å². The van der Waals surface area contributed by atoms with Crippen LogP contribution in [0, 0.1) is 6.92 Å². The summed E-state index contributed by atoms with van der Waals surface area (Å²) in [5.41, 5.74) is 1.95. The zero-order valence-corrected chi connectivity index (χ0v) is 21.0. The topological polar surface area (TPSA) is 154 Å². The average molecular weight is 517 g/mol. The van der Waals surface area contributed by atoms with Gasteiger partial charge >= 0.3 is 0 Å². The molecule has 11 nitrogen and oxygen atoms in total. The summed E-state index contributed by atoms with van der Waals surface area (Å²) in [6.45, 7) is 2.18. The minimum absolute atomic E-state index is 0.0121. The van der Waals surface area contributed by atoms with Crippen LogP contribution in [0.5, 0.6) is 11.5 Å². The highest BCUT2D eigenvalue weighted by Crippen LogP contribution is 2.30. The van der Waals surface area contributed by atoms with E-state index in [0.717, 1.165) is 17.5 Å². The number of ether oxygens (including phenoxy) is 2. The molecular formula is C24H28N4O7S. The summed E-state index contributed by atoms with van der Waals surface area (Å²) in [5.74, 6) is -0.158. The second-order valence-electron chi connectivity index (χ2n) is 7.98. The van der Waals surface area contributed by atoms with Crippen molar-refractivity contribution in [2.45, 2.75) is 26.3 Å². The lowest BCUT2D eigenvalue weighted by molar-refractivity contribution is 0.0724. The Hall–Kier alpha value is -3.90. The van der Waals surface area contributed by atoms with E-state index in [1.54, 1.807) is 21.8 Å². The first kappa shape index (κ1) is 26.7. The van der Waals surface area contributed by atoms with E-state index >= 15 is 0 Å². The van der Waals surface area contributed by atoms with Crippen molar-refractivity contribution >= 4 is 22.0 Å². The number of aryl methyl sites for hydroxylation is 1. The van der Waals surface area contributed by atoms with Gasteiger partial charge in [0.05, 0.1) is 20.8 Å². The molecule has 0 saturated carbocycles. The first-order valence-corrected chi connectivity index (χ1v) is 12.5. The van der Waals surface area contributed by atoms with E-state index in [1.807, 2.05) is 37.3 Å². The number of methoxy groups -OCH3 is 2. The number of nitrogens with two attached hydrogens (primary N) is 1. The van der Waals surface area contributed by atoms with E-state index in [-0.39, 0.29) is 23.9 Å². The van der Waals surface area contributed by atoms with Crippen molar-refractivity contribution in [3.63, 3.8) is 0 Å². The van der Waals surface area contributed by atoms with Crippen LogP contribution < -0.4 is 19.3 Å². The lowest BCUT2D eigenvalue weighted by Gasteiger charge is -2.22. The van der Waals surface area contributed by atoms with E-state index < -0.39 is 16.1 Å². The van der Waals surface area contributed by atoms with E-state index in [1.165, 1.54) is 20.3 Å². The zero-order valence-electron chi connectivity index (χ0n) is 20.2. The maximum Gasteiger partial charge on any atom is 0.299 e. The standard InChI is InChI=1S/C24H28N4O7S/c1-16-21(33-2)12-18(13-22(16)34-3)24(30)28(11-7-10-17-8-5-4-6-9-17)15-19-14-20(26-35-19)23(29)27-36(25,31)32/h4-6,8-9,12-14H,7,10-11,15H2,1-3H3,(H,27,29)(H2,25,31,32). The Labute approximate surface area is 209 Å². The van der Waals surface area contributed by atoms with Crippen molar-refractivity contribution in [3.8, 4) is 11.5 Å². The smallest absolute Gasteiger partial charge is 0.299 e. The highest BCUT2D eigenvalue weighted by molar-refractivity contribution is 7.87. The maximum atomic E-state index is 13.5. The van der Waals surface area contributed by atoms with Gasteiger partial charge in [-0.05, 0) is 37.5 Å². The third-order valence-corrected chi connectivity index (χ3v) is 5.87. The molecule has 0 aliphatic carbocycles. The molecule has 0 radical (unpaired) electrons. The molecule has 2 aromatic carbocycles. The molecule has 0 saturated heterocycles. The van der Waals surface area contributed by atoms with E-state index in [0.29, 0.717) is 30.0 Å². The first-order chi connectivity index (χ1) is 17.1. The minimum atomic E-state index is -4.26. The fraction of sp³-hybridized carbons (Fsp3) is 0.292. The monoisotopic (exact) mass is 516 g/mol. The first-order valence-electron chi connectivity index (χ1n) is 11.0. The quantitative estimate of drug-likeness (QED) is 0.393. The molecule has 12 heteroatoms. The van der Waals surface area contributed by atoms with Crippen LogP contribution in [0.15, 0.2) is 53.1 Å².